The van der Waals surface area contributed by atoms with Gasteiger partial charge in [0.1, 0.15) is 5.69 Å². The monoisotopic (exact) mass is 230 g/mol. The molecular formula is C5H2Cl4N2. The zero-order valence-corrected chi connectivity index (χ0v) is 8.08. The van der Waals surface area contributed by atoms with Crippen LogP contribution in [0.25, 0.3) is 0 Å². The second-order valence-electron chi connectivity index (χ2n) is 1.69. The Morgan fingerprint density at radius 1 is 1.09 bits per heavy atom. The molecule has 0 atom stereocenters. The molecule has 1 aromatic rings. The molecular weight excluding hydrogens is 230 g/mol. The van der Waals surface area contributed by atoms with Gasteiger partial charge in [0.2, 0.25) is 3.79 Å². The SMILES string of the molecule is Clc1nccnc1C(Cl)(Cl)Cl. The van der Waals surface area contributed by atoms with Crippen molar-refractivity contribution in [1.82, 2.24) is 9.97 Å². The van der Waals surface area contributed by atoms with Gasteiger partial charge in [0.15, 0.2) is 5.15 Å². The van der Waals surface area contributed by atoms with Gasteiger partial charge in [-0.2, -0.15) is 0 Å². The topological polar surface area (TPSA) is 25.8 Å². The normalized spacial score (nSPS) is 11.6. The van der Waals surface area contributed by atoms with Crippen LogP contribution in [-0.4, -0.2) is 9.97 Å². The van der Waals surface area contributed by atoms with Crippen LogP contribution in [-0.2, 0) is 3.79 Å². The molecule has 1 heterocycles. The molecule has 0 aliphatic rings. The van der Waals surface area contributed by atoms with E-state index in [0.29, 0.717) is 0 Å². The second-order valence-corrected chi connectivity index (χ2v) is 4.33. The van der Waals surface area contributed by atoms with E-state index in [9.17, 15) is 0 Å². The average molecular weight is 232 g/mol. The zero-order chi connectivity index (χ0) is 8.48. The second kappa shape index (κ2) is 3.31. The van der Waals surface area contributed by atoms with E-state index in [0.717, 1.165) is 0 Å². The molecule has 0 N–H and O–H groups in total. The van der Waals surface area contributed by atoms with Crippen molar-refractivity contribution in [3.05, 3.63) is 23.2 Å². The van der Waals surface area contributed by atoms with Crippen LogP contribution < -0.4 is 0 Å². The predicted octanol–water partition coefficient (Wildman–Crippen LogP) is 2.96. The van der Waals surface area contributed by atoms with E-state index in [1.54, 1.807) is 0 Å². The highest BCUT2D eigenvalue weighted by molar-refractivity contribution is 6.67. The Morgan fingerprint density at radius 3 is 2.00 bits per heavy atom. The smallest absolute Gasteiger partial charge is 0.235 e. The lowest BCUT2D eigenvalue weighted by atomic mass is 10.5. The van der Waals surface area contributed by atoms with Crippen LogP contribution in [0.1, 0.15) is 5.69 Å². The van der Waals surface area contributed by atoms with E-state index in [1.807, 2.05) is 0 Å². The van der Waals surface area contributed by atoms with Crippen molar-refractivity contribution < 1.29 is 0 Å². The summed E-state index contributed by atoms with van der Waals surface area (Å²) in [6.45, 7) is 0. The molecule has 0 aliphatic carbocycles. The van der Waals surface area contributed by atoms with Crippen LogP contribution in [0, 0.1) is 0 Å². The van der Waals surface area contributed by atoms with Crippen molar-refractivity contribution in [2.75, 3.05) is 0 Å². The molecule has 0 bridgehead atoms. The van der Waals surface area contributed by atoms with Crippen LogP contribution in [0.4, 0.5) is 0 Å². The van der Waals surface area contributed by atoms with Crippen molar-refractivity contribution in [2.45, 2.75) is 3.79 Å². The van der Waals surface area contributed by atoms with Gasteiger partial charge in [-0.05, 0) is 0 Å². The van der Waals surface area contributed by atoms with Gasteiger partial charge in [-0.15, -0.1) is 0 Å². The molecule has 2 nitrogen and oxygen atoms in total. The molecule has 11 heavy (non-hydrogen) atoms. The van der Waals surface area contributed by atoms with E-state index in [1.165, 1.54) is 12.4 Å². The Balaban J connectivity index is 3.14. The fourth-order valence-corrected chi connectivity index (χ4v) is 1.32. The summed E-state index contributed by atoms with van der Waals surface area (Å²) in [4.78, 5) is 7.45. The van der Waals surface area contributed by atoms with Crippen molar-refractivity contribution in [2.24, 2.45) is 0 Å². The Bertz CT molecular complexity index is 257. The van der Waals surface area contributed by atoms with Crippen molar-refractivity contribution in [1.29, 1.82) is 0 Å². The molecule has 1 rings (SSSR count). The van der Waals surface area contributed by atoms with Gasteiger partial charge in [0.05, 0.1) is 0 Å². The van der Waals surface area contributed by atoms with E-state index in [4.69, 9.17) is 46.4 Å². The molecule has 6 heteroatoms. The maximum absolute atomic E-state index is 5.58. The summed E-state index contributed by atoms with van der Waals surface area (Å²) in [6, 6.07) is 0. The Labute approximate surface area is 83.4 Å². The summed E-state index contributed by atoms with van der Waals surface area (Å²) in [5, 5.41) is 0.104. The number of hydrogen-bond acceptors (Lipinski definition) is 2. The average Bonchev–Trinajstić information content (AvgIpc) is 1.86. The van der Waals surface area contributed by atoms with Gasteiger partial charge in [-0.25, -0.2) is 4.98 Å². The molecule has 0 aromatic carbocycles. The number of nitrogens with zero attached hydrogens (tertiary/aromatic N) is 2. The minimum absolute atomic E-state index is 0.104. The third kappa shape index (κ3) is 2.34. The molecule has 60 valence electrons. The summed E-state index contributed by atoms with van der Waals surface area (Å²) in [7, 11) is 0. The molecule has 1 aromatic heterocycles. The van der Waals surface area contributed by atoms with E-state index in [2.05, 4.69) is 9.97 Å². The molecule has 0 fully saturated rings. The number of alkyl halides is 3. The highest BCUT2D eigenvalue weighted by Crippen LogP contribution is 2.39. The first-order valence-electron chi connectivity index (χ1n) is 2.55. The molecule has 0 aliphatic heterocycles. The van der Waals surface area contributed by atoms with Crippen molar-refractivity contribution >= 4 is 46.4 Å². The third-order valence-corrected chi connectivity index (χ3v) is 1.74. The molecule has 0 saturated heterocycles. The number of aromatic nitrogens is 2. The van der Waals surface area contributed by atoms with E-state index >= 15 is 0 Å². The summed E-state index contributed by atoms with van der Waals surface area (Å²) in [5.74, 6) is 0. The van der Waals surface area contributed by atoms with Gasteiger partial charge in [0.25, 0.3) is 0 Å². The molecule has 0 saturated carbocycles. The molecule has 0 radical (unpaired) electrons. The Kier molecular flexibility index (Phi) is 2.81. The lowest BCUT2D eigenvalue weighted by molar-refractivity contribution is 1.04. The van der Waals surface area contributed by atoms with Gasteiger partial charge >= 0.3 is 0 Å². The number of rotatable bonds is 0. The number of hydrogen-bond donors (Lipinski definition) is 0. The van der Waals surface area contributed by atoms with Crippen molar-refractivity contribution in [3.63, 3.8) is 0 Å². The van der Waals surface area contributed by atoms with Crippen LogP contribution in [0.5, 0.6) is 0 Å². The van der Waals surface area contributed by atoms with Gasteiger partial charge < -0.3 is 0 Å². The quantitative estimate of drug-likeness (QED) is 0.642. The third-order valence-electron chi connectivity index (χ3n) is 0.922. The van der Waals surface area contributed by atoms with Gasteiger partial charge in [-0.1, -0.05) is 46.4 Å². The fraction of sp³-hybridized carbons (Fsp3) is 0.200. The minimum Gasteiger partial charge on any atom is -0.252 e. The largest absolute Gasteiger partial charge is 0.252 e. The summed E-state index contributed by atoms with van der Waals surface area (Å²) in [5.41, 5.74) is 0.145. The summed E-state index contributed by atoms with van der Waals surface area (Å²) < 4.78 is -1.61. The fourth-order valence-electron chi connectivity index (χ4n) is 0.511. The standard InChI is InChI=1S/C5H2Cl4N2/c6-4-3(5(7,8)9)10-1-2-11-4/h1-2H. The van der Waals surface area contributed by atoms with E-state index in [-0.39, 0.29) is 10.8 Å². The lowest BCUT2D eigenvalue weighted by Gasteiger charge is -2.09. The van der Waals surface area contributed by atoms with Crippen LogP contribution in [0.2, 0.25) is 5.15 Å². The molecule has 0 unspecified atom stereocenters. The van der Waals surface area contributed by atoms with Crippen LogP contribution in [0.15, 0.2) is 12.4 Å². The molecule has 0 amide bonds. The maximum atomic E-state index is 5.58. The minimum atomic E-state index is -1.61. The Morgan fingerprint density at radius 2 is 1.64 bits per heavy atom. The summed E-state index contributed by atoms with van der Waals surface area (Å²) >= 11 is 22.1. The highest BCUT2D eigenvalue weighted by atomic mass is 35.6. The predicted molar refractivity (Wildman–Crippen MR) is 46.3 cm³/mol. The van der Waals surface area contributed by atoms with Gasteiger partial charge in [-0.3, -0.25) is 4.98 Å². The molecule has 0 spiro atoms. The zero-order valence-electron chi connectivity index (χ0n) is 5.06. The highest BCUT2D eigenvalue weighted by Gasteiger charge is 2.27. The maximum Gasteiger partial charge on any atom is 0.235 e. The first kappa shape index (κ1) is 9.33. The Hall–Kier alpha value is 0.240. The van der Waals surface area contributed by atoms with E-state index < -0.39 is 3.79 Å². The first-order valence-corrected chi connectivity index (χ1v) is 4.06. The van der Waals surface area contributed by atoms with Gasteiger partial charge in [0, 0.05) is 12.4 Å². The summed E-state index contributed by atoms with van der Waals surface area (Å²) in [6.07, 6.45) is 2.82. The van der Waals surface area contributed by atoms with Crippen LogP contribution >= 0.6 is 46.4 Å². The van der Waals surface area contributed by atoms with Crippen molar-refractivity contribution in [3.8, 4) is 0 Å². The first-order chi connectivity index (χ1) is 5.02. The lowest BCUT2D eigenvalue weighted by Crippen LogP contribution is -2.04. The number of halogens is 4. The van der Waals surface area contributed by atoms with Crippen LogP contribution in [0.3, 0.4) is 0 Å².